The van der Waals surface area contributed by atoms with Crippen LogP contribution in [0.2, 0.25) is 0 Å². The maximum atomic E-state index is 12.3. The highest BCUT2D eigenvalue weighted by Crippen LogP contribution is 2.28. The second-order valence-electron chi connectivity index (χ2n) is 4.62. The van der Waals surface area contributed by atoms with Crippen molar-refractivity contribution in [1.29, 1.82) is 5.26 Å². The molecule has 5 heteroatoms. The van der Waals surface area contributed by atoms with E-state index in [0.29, 0.717) is 35.0 Å². The molecule has 0 unspecified atom stereocenters. The Morgan fingerprint density at radius 1 is 1.09 bits per heavy atom. The molecule has 0 aliphatic carbocycles. The van der Waals surface area contributed by atoms with Crippen LogP contribution in [0, 0.1) is 11.3 Å². The van der Waals surface area contributed by atoms with Crippen molar-refractivity contribution in [2.45, 2.75) is 6.92 Å². The van der Waals surface area contributed by atoms with Gasteiger partial charge in [-0.1, -0.05) is 12.1 Å². The summed E-state index contributed by atoms with van der Waals surface area (Å²) in [5.41, 5.74) is 0.929. The fourth-order valence-corrected chi connectivity index (χ4v) is 2.06. The summed E-state index contributed by atoms with van der Waals surface area (Å²) in [7, 11) is 1.51. The van der Waals surface area contributed by atoms with Gasteiger partial charge in [0, 0.05) is 6.07 Å². The standard InChI is InChI=1S/C18H17NO4/c1-3-22-18-10-13(11-19)8-9-17(18)23-12-15(20)14-6-4-5-7-16(14)21-2/h4-10H,3,12H2,1-2H3. The Morgan fingerprint density at radius 2 is 1.87 bits per heavy atom. The summed E-state index contributed by atoms with van der Waals surface area (Å²) < 4.78 is 16.2. The van der Waals surface area contributed by atoms with Crippen LogP contribution in [0.5, 0.6) is 17.2 Å². The van der Waals surface area contributed by atoms with Crippen molar-refractivity contribution in [1.82, 2.24) is 0 Å². The number of carbonyl (C=O) groups is 1. The predicted octanol–water partition coefficient (Wildman–Crippen LogP) is 3.23. The van der Waals surface area contributed by atoms with Gasteiger partial charge in [-0.3, -0.25) is 4.79 Å². The number of carbonyl (C=O) groups excluding carboxylic acids is 1. The molecule has 0 spiro atoms. The Kier molecular flexibility index (Phi) is 5.59. The minimum atomic E-state index is -0.200. The molecule has 0 bridgehead atoms. The van der Waals surface area contributed by atoms with Crippen molar-refractivity contribution >= 4 is 5.78 Å². The van der Waals surface area contributed by atoms with E-state index in [2.05, 4.69) is 0 Å². The summed E-state index contributed by atoms with van der Waals surface area (Å²) in [5, 5.41) is 8.93. The number of hydrogen-bond donors (Lipinski definition) is 0. The van der Waals surface area contributed by atoms with E-state index in [4.69, 9.17) is 19.5 Å². The number of methoxy groups -OCH3 is 1. The molecule has 2 aromatic carbocycles. The highest BCUT2D eigenvalue weighted by atomic mass is 16.5. The van der Waals surface area contributed by atoms with Crippen molar-refractivity contribution < 1.29 is 19.0 Å². The fourth-order valence-electron chi connectivity index (χ4n) is 2.06. The van der Waals surface area contributed by atoms with E-state index in [0.717, 1.165) is 0 Å². The smallest absolute Gasteiger partial charge is 0.203 e. The molecule has 118 valence electrons. The van der Waals surface area contributed by atoms with E-state index in [1.54, 1.807) is 42.5 Å². The van der Waals surface area contributed by atoms with E-state index >= 15 is 0 Å². The molecular weight excluding hydrogens is 294 g/mol. The molecular formula is C18H17NO4. The Hall–Kier alpha value is -3.00. The molecule has 0 saturated carbocycles. The third-order valence-electron chi connectivity index (χ3n) is 3.14. The van der Waals surface area contributed by atoms with Gasteiger partial charge in [-0.2, -0.15) is 5.26 Å². The molecule has 5 nitrogen and oxygen atoms in total. The molecule has 0 radical (unpaired) electrons. The summed E-state index contributed by atoms with van der Waals surface area (Å²) in [6, 6.07) is 13.8. The number of nitrogens with zero attached hydrogens (tertiary/aromatic N) is 1. The monoisotopic (exact) mass is 311 g/mol. The molecule has 2 aromatic rings. The average Bonchev–Trinajstić information content (AvgIpc) is 2.60. The zero-order valence-electron chi connectivity index (χ0n) is 13.0. The summed E-state index contributed by atoms with van der Waals surface area (Å²) >= 11 is 0. The van der Waals surface area contributed by atoms with Crippen molar-refractivity contribution in [3.05, 3.63) is 53.6 Å². The first-order valence-electron chi connectivity index (χ1n) is 7.15. The van der Waals surface area contributed by atoms with Gasteiger partial charge in [-0.15, -0.1) is 0 Å². The van der Waals surface area contributed by atoms with Crippen LogP contribution >= 0.6 is 0 Å². The molecule has 0 N–H and O–H groups in total. The van der Waals surface area contributed by atoms with Gasteiger partial charge in [0.05, 0.1) is 30.9 Å². The lowest BCUT2D eigenvalue weighted by molar-refractivity contribution is 0.0916. The van der Waals surface area contributed by atoms with E-state index in [1.807, 2.05) is 13.0 Å². The van der Waals surface area contributed by atoms with Gasteiger partial charge in [0.1, 0.15) is 5.75 Å². The number of rotatable bonds is 7. The summed E-state index contributed by atoms with van der Waals surface area (Å²) in [4.78, 5) is 12.3. The Bertz CT molecular complexity index is 734. The van der Waals surface area contributed by atoms with E-state index in [1.165, 1.54) is 7.11 Å². The number of nitriles is 1. The van der Waals surface area contributed by atoms with Gasteiger partial charge in [0.25, 0.3) is 0 Å². The molecule has 2 rings (SSSR count). The van der Waals surface area contributed by atoms with Crippen molar-refractivity contribution in [2.75, 3.05) is 20.3 Å². The Morgan fingerprint density at radius 3 is 2.57 bits per heavy atom. The topological polar surface area (TPSA) is 68.5 Å². The molecule has 0 saturated heterocycles. The average molecular weight is 311 g/mol. The molecule has 0 amide bonds. The lowest BCUT2D eigenvalue weighted by Crippen LogP contribution is -2.13. The number of ketones is 1. The maximum absolute atomic E-state index is 12.3. The van der Waals surface area contributed by atoms with Crippen molar-refractivity contribution in [3.8, 4) is 23.3 Å². The largest absolute Gasteiger partial charge is 0.496 e. The minimum Gasteiger partial charge on any atom is -0.496 e. The lowest BCUT2D eigenvalue weighted by atomic mass is 10.1. The number of Topliss-reactive ketones (excluding diaryl/α,β-unsaturated/α-hetero) is 1. The quantitative estimate of drug-likeness (QED) is 0.734. The highest BCUT2D eigenvalue weighted by molar-refractivity contribution is 5.99. The second kappa shape index (κ2) is 7.85. The minimum absolute atomic E-state index is 0.146. The first kappa shape index (κ1) is 16.4. The van der Waals surface area contributed by atoms with E-state index < -0.39 is 0 Å². The molecule has 0 aliphatic rings. The Balaban J connectivity index is 2.14. The Labute approximate surface area is 135 Å². The van der Waals surface area contributed by atoms with Crippen LogP contribution in [0.4, 0.5) is 0 Å². The first-order valence-corrected chi connectivity index (χ1v) is 7.15. The predicted molar refractivity (Wildman–Crippen MR) is 85.1 cm³/mol. The molecule has 0 aromatic heterocycles. The third kappa shape index (κ3) is 4.01. The molecule has 23 heavy (non-hydrogen) atoms. The van der Waals surface area contributed by atoms with Crippen molar-refractivity contribution in [3.63, 3.8) is 0 Å². The third-order valence-corrected chi connectivity index (χ3v) is 3.14. The SMILES string of the molecule is CCOc1cc(C#N)ccc1OCC(=O)c1ccccc1OC. The molecule has 0 aliphatic heterocycles. The van der Waals surface area contributed by atoms with Crippen LogP contribution in [0.25, 0.3) is 0 Å². The second-order valence-corrected chi connectivity index (χ2v) is 4.62. The van der Waals surface area contributed by atoms with E-state index in [9.17, 15) is 4.79 Å². The number of para-hydroxylation sites is 1. The van der Waals surface area contributed by atoms with Crippen molar-refractivity contribution in [2.24, 2.45) is 0 Å². The van der Waals surface area contributed by atoms with Gasteiger partial charge in [0.15, 0.2) is 18.1 Å². The fraction of sp³-hybridized carbons (Fsp3) is 0.222. The van der Waals surface area contributed by atoms with Gasteiger partial charge in [-0.05, 0) is 31.2 Å². The van der Waals surface area contributed by atoms with Crippen LogP contribution in [0.1, 0.15) is 22.8 Å². The van der Waals surface area contributed by atoms with Crippen LogP contribution in [0.15, 0.2) is 42.5 Å². The van der Waals surface area contributed by atoms with Gasteiger partial charge in [-0.25, -0.2) is 0 Å². The van der Waals surface area contributed by atoms with Crippen LogP contribution in [0.3, 0.4) is 0 Å². The normalized spacial score (nSPS) is 9.78. The maximum Gasteiger partial charge on any atom is 0.203 e. The number of hydrogen-bond acceptors (Lipinski definition) is 5. The number of benzene rings is 2. The summed E-state index contributed by atoms with van der Waals surface area (Å²) in [6.45, 7) is 2.13. The zero-order chi connectivity index (χ0) is 16.7. The van der Waals surface area contributed by atoms with Gasteiger partial charge >= 0.3 is 0 Å². The van der Waals surface area contributed by atoms with Gasteiger partial charge in [0.2, 0.25) is 5.78 Å². The summed E-state index contributed by atoms with van der Waals surface area (Å²) in [6.07, 6.45) is 0. The lowest BCUT2D eigenvalue weighted by Gasteiger charge is -2.12. The first-order chi connectivity index (χ1) is 11.2. The molecule has 0 fully saturated rings. The van der Waals surface area contributed by atoms with E-state index in [-0.39, 0.29) is 12.4 Å². The highest BCUT2D eigenvalue weighted by Gasteiger charge is 2.14. The van der Waals surface area contributed by atoms with Gasteiger partial charge < -0.3 is 14.2 Å². The zero-order valence-corrected chi connectivity index (χ0v) is 13.0. The molecule has 0 heterocycles. The van der Waals surface area contributed by atoms with Crippen LogP contribution in [-0.2, 0) is 0 Å². The van der Waals surface area contributed by atoms with Crippen LogP contribution in [-0.4, -0.2) is 26.1 Å². The molecule has 0 atom stereocenters. The number of ether oxygens (including phenoxy) is 3. The summed E-state index contributed by atoms with van der Waals surface area (Å²) in [5.74, 6) is 1.17. The van der Waals surface area contributed by atoms with Crippen LogP contribution < -0.4 is 14.2 Å².